The van der Waals surface area contributed by atoms with Crippen molar-refractivity contribution in [3.05, 3.63) is 21.9 Å². The predicted molar refractivity (Wildman–Crippen MR) is 51.0 cm³/mol. The molecule has 1 aliphatic heterocycles. The van der Waals surface area contributed by atoms with E-state index in [9.17, 15) is 4.79 Å². The Balaban J connectivity index is 2.10. The highest BCUT2D eigenvalue weighted by Gasteiger charge is 2.30. The molecular weight excluding hydrogens is 186 g/mol. The van der Waals surface area contributed by atoms with Crippen LogP contribution < -0.4 is 0 Å². The summed E-state index contributed by atoms with van der Waals surface area (Å²) in [6.07, 6.45) is -0.317. The van der Waals surface area contributed by atoms with Crippen molar-refractivity contribution in [3.8, 4) is 0 Å². The van der Waals surface area contributed by atoms with E-state index in [4.69, 9.17) is 5.11 Å². The molecule has 1 aromatic rings. The maximum Gasteiger partial charge on any atom is 0.255 e. The summed E-state index contributed by atoms with van der Waals surface area (Å²) in [5.41, 5.74) is 1.80. The molecule has 70 valence electrons. The monoisotopic (exact) mass is 197 g/mol. The van der Waals surface area contributed by atoms with E-state index in [1.165, 1.54) is 11.3 Å². The summed E-state index contributed by atoms with van der Waals surface area (Å²) in [6, 6.07) is 0. The molecule has 0 bridgehead atoms. The predicted octanol–water partition coefficient (Wildman–Crippen LogP) is 0.873. The minimum absolute atomic E-state index is 0.0454. The van der Waals surface area contributed by atoms with Crippen molar-refractivity contribution >= 4 is 17.2 Å². The quantitative estimate of drug-likeness (QED) is 0.725. The molecule has 13 heavy (non-hydrogen) atoms. The van der Waals surface area contributed by atoms with Crippen molar-refractivity contribution in [2.45, 2.75) is 13.0 Å². The second-order valence-corrected chi connectivity index (χ2v) is 4.08. The second-order valence-electron chi connectivity index (χ2n) is 3.33. The van der Waals surface area contributed by atoms with Gasteiger partial charge in [0, 0.05) is 18.5 Å². The summed E-state index contributed by atoms with van der Waals surface area (Å²) in [5, 5.41) is 12.9. The average molecular weight is 197 g/mol. The zero-order valence-electron chi connectivity index (χ0n) is 7.36. The number of hydrogen-bond acceptors (Lipinski definition) is 3. The number of hydrogen-bond donors (Lipinski definition) is 1. The molecule has 0 aliphatic carbocycles. The number of thiophene rings is 1. The van der Waals surface area contributed by atoms with Crippen LogP contribution in [-0.4, -0.2) is 35.1 Å². The Kier molecular flexibility index (Phi) is 2.09. The number of aryl methyl sites for hydroxylation is 1. The van der Waals surface area contributed by atoms with Crippen molar-refractivity contribution in [1.82, 2.24) is 4.90 Å². The molecule has 0 unspecified atom stereocenters. The van der Waals surface area contributed by atoms with Gasteiger partial charge in [0.1, 0.15) is 0 Å². The summed E-state index contributed by atoms with van der Waals surface area (Å²) < 4.78 is 0. The first kappa shape index (κ1) is 8.72. The van der Waals surface area contributed by atoms with Gasteiger partial charge in [-0.1, -0.05) is 0 Å². The first-order valence-electron chi connectivity index (χ1n) is 4.18. The van der Waals surface area contributed by atoms with Gasteiger partial charge in [0.05, 0.1) is 11.7 Å². The molecule has 0 atom stereocenters. The number of carbonyl (C=O) groups is 1. The fourth-order valence-corrected chi connectivity index (χ4v) is 2.19. The molecule has 1 fully saturated rings. The highest BCUT2D eigenvalue weighted by Crippen LogP contribution is 2.19. The van der Waals surface area contributed by atoms with Gasteiger partial charge in [-0.2, -0.15) is 11.3 Å². The lowest BCUT2D eigenvalue weighted by Crippen LogP contribution is -2.53. The van der Waals surface area contributed by atoms with Crippen LogP contribution >= 0.6 is 11.3 Å². The van der Waals surface area contributed by atoms with Gasteiger partial charge in [0.25, 0.3) is 5.91 Å². The van der Waals surface area contributed by atoms with E-state index in [1.807, 2.05) is 17.7 Å². The molecule has 0 radical (unpaired) electrons. The molecule has 1 amide bonds. The third-order valence-electron chi connectivity index (χ3n) is 2.24. The number of aliphatic hydroxyl groups is 1. The molecule has 3 nitrogen and oxygen atoms in total. The number of nitrogens with zero attached hydrogens (tertiary/aromatic N) is 1. The fourth-order valence-electron chi connectivity index (χ4n) is 1.37. The molecule has 0 aromatic carbocycles. The van der Waals surface area contributed by atoms with Crippen LogP contribution in [0.4, 0.5) is 0 Å². The number of amides is 1. The lowest BCUT2D eigenvalue weighted by molar-refractivity contribution is 0.00588. The van der Waals surface area contributed by atoms with Crippen LogP contribution in [-0.2, 0) is 0 Å². The number of rotatable bonds is 1. The van der Waals surface area contributed by atoms with Crippen LogP contribution in [0.2, 0.25) is 0 Å². The van der Waals surface area contributed by atoms with E-state index < -0.39 is 0 Å². The van der Waals surface area contributed by atoms with Crippen molar-refractivity contribution in [3.63, 3.8) is 0 Å². The Morgan fingerprint density at radius 2 is 2.31 bits per heavy atom. The van der Waals surface area contributed by atoms with E-state index in [0.29, 0.717) is 13.1 Å². The minimum atomic E-state index is -0.317. The highest BCUT2D eigenvalue weighted by molar-refractivity contribution is 7.08. The van der Waals surface area contributed by atoms with Crippen LogP contribution in [0.3, 0.4) is 0 Å². The molecule has 2 rings (SSSR count). The van der Waals surface area contributed by atoms with E-state index in [1.54, 1.807) is 4.90 Å². The number of carbonyl (C=O) groups excluding carboxylic acids is 1. The van der Waals surface area contributed by atoms with Crippen LogP contribution in [0, 0.1) is 6.92 Å². The fraction of sp³-hybridized carbons (Fsp3) is 0.444. The highest BCUT2D eigenvalue weighted by atomic mass is 32.1. The lowest BCUT2D eigenvalue weighted by atomic mass is 10.1. The normalized spacial score (nSPS) is 17.2. The molecule has 2 heterocycles. The van der Waals surface area contributed by atoms with Crippen molar-refractivity contribution in [2.75, 3.05) is 13.1 Å². The van der Waals surface area contributed by atoms with Gasteiger partial charge in [-0.05, 0) is 17.9 Å². The zero-order valence-corrected chi connectivity index (χ0v) is 8.17. The van der Waals surface area contributed by atoms with E-state index >= 15 is 0 Å². The van der Waals surface area contributed by atoms with Gasteiger partial charge in [-0.25, -0.2) is 0 Å². The second kappa shape index (κ2) is 3.12. The summed E-state index contributed by atoms with van der Waals surface area (Å²) in [6.45, 7) is 2.89. The molecule has 0 spiro atoms. The maximum atomic E-state index is 11.7. The topological polar surface area (TPSA) is 40.5 Å². The van der Waals surface area contributed by atoms with Gasteiger partial charge >= 0.3 is 0 Å². The summed E-state index contributed by atoms with van der Waals surface area (Å²) >= 11 is 1.54. The van der Waals surface area contributed by atoms with Crippen molar-refractivity contribution in [2.24, 2.45) is 0 Å². The van der Waals surface area contributed by atoms with Crippen LogP contribution in [0.25, 0.3) is 0 Å². The van der Waals surface area contributed by atoms with Gasteiger partial charge in [-0.15, -0.1) is 0 Å². The van der Waals surface area contributed by atoms with E-state index in [-0.39, 0.29) is 12.0 Å². The molecular formula is C9H11NO2S. The number of aliphatic hydroxyl groups excluding tert-OH is 1. The van der Waals surface area contributed by atoms with Crippen molar-refractivity contribution < 1.29 is 9.90 Å². The van der Waals surface area contributed by atoms with Crippen LogP contribution in [0.5, 0.6) is 0 Å². The Morgan fingerprint density at radius 3 is 2.77 bits per heavy atom. The molecule has 1 N–H and O–H groups in total. The summed E-state index contributed by atoms with van der Waals surface area (Å²) in [4.78, 5) is 13.3. The van der Waals surface area contributed by atoms with Gasteiger partial charge in [0.15, 0.2) is 0 Å². The maximum absolute atomic E-state index is 11.7. The van der Waals surface area contributed by atoms with Gasteiger partial charge in [0.2, 0.25) is 0 Å². The number of β-amino-alcohol motifs (C(OH)–C–C–N with tert-alkyl or cyclic N) is 1. The third-order valence-corrected chi connectivity index (χ3v) is 3.10. The Labute approximate surface area is 80.6 Å². The SMILES string of the molecule is Cc1cscc1C(=O)N1CC(O)C1. The molecule has 1 aliphatic rings. The minimum Gasteiger partial charge on any atom is -0.389 e. The van der Waals surface area contributed by atoms with E-state index in [0.717, 1.165) is 11.1 Å². The molecule has 0 saturated carbocycles. The first-order valence-corrected chi connectivity index (χ1v) is 5.13. The molecule has 1 saturated heterocycles. The van der Waals surface area contributed by atoms with Crippen LogP contribution in [0.15, 0.2) is 10.8 Å². The van der Waals surface area contributed by atoms with Gasteiger partial charge < -0.3 is 10.0 Å². The Hall–Kier alpha value is -0.870. The average Bonchev–Trinajstić information content (AvgIpc) is 2.44. The smallest absolute Gasteiger partial charge is 0.255 e. The van der Waals surface area contributed by atoms with Crippen molar-refractivity contribution in [1.29, 1.82) is 0 Å². The molecule has 4 heteroatoms. The lowest BCUT2D eigenvalue weighted by Gasteiger charge is -2.35. The summed E-state index contributed by atoms with van der Waals surface area (Å²) in [7, 11) is 0. The number of likely N-dealkylation sites (tertiary alicyclic amines) is 1. The first-order chi connectivity index (χ1) is 6.18. The Bertz CT molecular complexity index is 328. The standard InChI is InChI=1S/C9H11NO2S/c1-6-4-13-5-8(6)9(12)10-2-7(11)3-10/h4-5,7,11H,2-3H2,1H3. The van der Waals surface area contributed by atoms with Gasteiger partial charge in [-0.3, -0.25) is 4.79 Å². The largest absolute Gasteiger partial charge is 0.389 e. The zero-order chi connectivity index (χ0) is 9.42. The molecule has 1 aromatic heterocycles. The van der Waals surface area contributed by atoms with Crippen LogP contribution in [0.1, 0.15) is 15.9 Å². The Morgan fingerprint density at radius 1 is 1.62 bits per heavy atom. The van der Waals surface area contributed by atoms with E-state index in [2.05, 4.69) is 0 Å². The third kappa shape index (κ3) is 1.47. The summed E-state index contributed by atoms with van der Waals surface area (Å²) in [5.74, 6) is 0.0454.